The Kier molecular flexibility index (Phi) is 16.2. The van der Waals surface area contributed by atoms with E-state index in [0.29, 0.717) is 22.5 Å². The van der Waals surface area contributed by atoms with Gasteiger partial charge in [0.1, 0.15) is 11.5 Å². The number of carbonyl (C=O) groups excluding carboxylic acids is 1. The number of carbonyl (C=O) groups is 2. The van der Waals surface area contributed by atoms with Crippen LogP contribution in [0.5, 0.6) is 11.5 Å². The SMILES string of the molecule is COC(=O)Nc1nc2ccc(S(=O)c3ccccc3)cc2[nH]1.NCC1(CC(=O)O)CCCCC1.Oc1c(Cl)cc(Cl)c(Cl)c1Cc1c(O)c(Cl)cc(Cl)c1Cl. The van der Waals surface area contributed by atoms with Crippen LogP contribution in [0.25, 0.3) is 11.0 Å². The highest BCUT2D eigenvalue weighted by Gasteiger charge is 2.32. The van der Waals surface area contributed by atoms with E-state index in [1.54, 1.807) is 18.2 Å². The van der Waals surface area contributed by atoms with E-state index in [-0.39, 0.29) is 77.0 Å². The maximum Gasteiger partial charge on any atom is 0.413 e. The number of imidazole rings is 1. The lowest BCUT2D eigenvalue weighted by molar-refractivity contribution is -0.140. The van der Waals surface area contributed by atoms with Gasteiger partial charge in [-0.25, -0.2) is 14.0 Å². The van der Waals surface area contributed by atoms with Crippen molar-refractivity contribution in [1.29, 1.82) is 0 Å². The van der Waals surface area contributed by atoms with Gasteiger partial charge >= 0.3 is 12.1 Å². The van der Waals surface area contributed by atoms with Crippen molar-refractivity contribution in [2.24, 2.45) is 11.1 Å². The molecule has 0 aliphatic heterocycles. The normalized spacial score (nSPS) is 13.8. The molecule has 1 amide bonds. The monoisotopic (exact) mass is 890 g/mol. The lowest BCUT2D eigenvalue weighted by Crippen LogP contribution is -2.34. The van der Waals surface area contributed by atoms with Gasteiger partial charge in [-0.1, -0.05) is 107 Å². The van der Waals surface area contributed by atoms with Gasteiger partial charge in [0.15, 0.2) is 0 Å². The lowest BCUT2D eigenvalue weighted by Gasteiger charge is -2.34. The van der Waals surface area contributed by atoms with E-state index in [9.17, 15) is 24.0 Å². The van der Waals surface area contributed by atoms with Crippen LogP contribution < -0.4 is 11.1 Å². The van der Waals surface area contributed by atoms with Crippen LogP contribution >= 0.6 is 69.6 Å². The molecule has 1 aliphatic carbocycles. The molecule has 0 bridgehead atoms. The Hall–Kier alpha value is -3.46. The van der Waals surface area contributed by atoms with E-state index in [1.165, 1.54) is 25.7 Å². The van der Waals surface area contributed by atoms with Crippen molar-refractivity contribution in [3.63, 3.8) is 0 Å². The van der Waals surface area contributed by atoms with Crippen molar-refractivity contribution >= 4 is 109 Å². The van der Waals surface area contributed by atoms with E-state index in [0.717, 1.165) is 30.6 Å². The number of methoxy groups -OCH3 is 1. The van der Waals surface area contributed by atoms with Crippen LogP contribution in [0, 0.1) is 5.41 Å². The average molecular weight is 894 g/mol. The summed E-state index contributed by atoms with van der Waals surface area (Å²) < 4.78 is 17.0. The molecule has 1 aliphatic rings. The number of hydrogen-bond acceptors (Lipinski definition) is 8. The standard InChI is InChI=1S/C15H13N3O3S.C13H6Cl6O2.C9H17NO2/c1-21-15(19)18-14-16-12-8-7-11(9-13(12)17-14)22(20)10-5-3-2-4-6-10;14-6-2-8(16)12(20)4(10(6)18)1-5-11(19)7(15)3-9(17)13(5)21;10-7-9(6-8(11)12)4-2-1-3-5-9/h2-9H,1H3,(H2,16,17,18,19);2-3,20-21H,1H2;1-7,10H2,(H,11,12). The van der Waals surface area contributed by atoms with Crippen LogP contribution in [0.1, 0.15) is 49.7 Å². The summed E-state index contributed by atoms with van der Waals surface area (Å²) in [6, 6.07) is 17.1. The van der Waals surface area contributed by atoms with Gasteiger partial charge in [0.05, 0.1) is 65.5 Å². The molecule has 1 heterocycles. The Labute approximate surface area is 349 Å². The summed E-state index contributed by atoms with van der Waals surface area (Å²) in [5, 5.41) is 31.8. The van der Waals surface area contributed by atoms with Crippen LogP contribution in [0.4, 0.5) is 10.7 Å². The highest BCUT2D eigenvalue weighted by molar-refractivity contribution is 7.85. The van der Waals surface area contributed by atoms with E-state index >= 15 is 0 Å². The first-order valence-corrected chi connectivity index (χ1v) is 20.0. The minimum absolute atomic E-state index is 0.0307. The molecule has 0 spiro atoms. The highest BCUT2D eigenvalue weighted by Crippen LogP contribution is 2.44. The number of ether oxygens (including phenoxy) is 1. The largest absolute Gasteiger partial charge is 0.506 e. The summed E-state index contributed by atoms with van der Waals surface area (Å²) in [5.74, 6) is -0.929. The average Bonchev–Trinajstić information content (AvgIpc) is 3.58. The topological polar surface area (TPSA) is 188 Å². The molecule has 11 nitrogen and oxygen atoms in total. The maximum absolute atomic E-state index is 12.5. The highest BCUT2D eigenvalue weighted by atomic mass is 35.5. The quantitative estimate of drug-likeness (QED) is 0.0824. The number of nitrogens with one attached hydrogen (secondary N) is 2. The molecular formula is C37H36Cl6N4O7S. The Morgan fingerprint density at radius 1 is 0.855 bits per heavy atom. The number of aromatic hydroxyl groups is 2. The zero-order valence-corrected chi connectivity index (χ0v) is 34.5. The van der Waals surface area contributed by atoms with Gasteiger partial charge in [-0.3, -0.25) is 10.1 Å². The van der Waals surface area contributed by atoms with Crippen LogP contribution in [0.15, 0.2) is 70.5 Å². The number of benzene rings is 4. The summed E-state index contributed by atoms with van der Waals surface area (Å²) in [4.78, 5) is 30.3. The van der Waals surface area contributed by atoms with Gasteiger partial charge < -0.3 is 30.8 Å². The molecule has 7 N–H and O–H groups in total. The second-order valence-electron chi connectivity index (χ2n) is 12.4. The summed E-state index contributed by atoms with van der Waals surface area (Å²) >= 11 is 35.7. The predicted molar refractivity (Wildman–Crippen MR) is 219 cm³/mol. The number of anilines is 1. The molecule has 1 aromatic heterocycles. The molecule has 1 atom stereocenters. The van der Waals surface area contributed by atoms with Crippen LogP contribution in [-0.4, -0.2) is 55.2 Å². The van der Waals surface area contributed by atoms with Gasteiger partial charge in [-0.15, -0.1) is 0 Å². The molecule has 1 saturated carbocycles. The fourth-order valence-electron chi connectivity index (χ4n) is 5.84. The van der Waals surface area contributed by atoms with E-state index in [2.05, 4.69) is 20.0 Å². The first-order valence-electron chi connectivity index (χ1n) is 16.5. The zero-order chi connectivity index (χ0) is 40.4. The smallest absolute Gasteiger partial charge is 0.413 e. The van der Waals surface area contributed by atoms with E-state index in [1.807, 2.05) is 30.3 Å². The van der Waals surface area contributed by atoms with Crippen molar-refractivity contribution in [1.82, 2.24) is 9.97 Å². The van der Waals surface area contributed by atoms with Crippen LogP contribution in [0.3, 0.4) is 0 Å². The number of nitrogens with zero attached hydrogens (tertiary/aromatic N) is 1. The van der Waals surface area contributed by atoms with Gasteiger partial charge in [0, 0.05) is 27.3 Å². The van der Waals surface area contributed by atoms with E-state index < -0.39 is 22.9 Å². The number of aliphatic carboxylic acids is 1. The molecule has 6 rings (SSSR count). The molecule has 18 heteroatoms. The molecule has 294 valence electrons. The Morgan fingerprint density at radius 2 is 1.42 bits per heavy atom. The molecule has 0 saturated heterocycles. The van der Waals surface area contributed by atoms with Gasteiger partial charge in [-0.05, 0) is 67.3 Å². The first kappa shape index (κ1) is 44.3. The number of phenols is 2. The fraction of sp³-hybridized carbons (Fsp3) is 0.270. The number of H-pyrrole nitrogens is 1. The first-order chi connectivity index (χ1) is 26.1. The number of carboxylic acid groups (broad SMARTS) is 1. The zero-order valence-electron chi connectivity index (χ0n) is 29.1. The molecule has 0 radical (unpaired) electrons. The second-order valence-corrected chi connectivity index (χ2v) is 16.3. The molecule has 5 aromatic rings. The summed E-state index contributed by atoms with van der Waals surface area (Å²) in [7, 11) is 0.0112. The third-order valence-electron chi connectivity index (χ3n) is 8.74. The fourth-order valence-corrected chi connectivity index (χ4v) is 8.36. The summed E-state index contributed by atoms with van der Waals surface area (Å²) in [6.45, 7) is 0.527. The third kappa shape index (κ3) is 11.5. The number of nitrogens with two attached hydrogens (primary N) is 1. The van der Waals surface area contributed by atoms with E-state index in [4.69, 9.17) is 80.4 Å². The van der Waals surface area contributed by atoms with Gasteiger partial charge in [-0.2, -0.15) is 0 Å². The number of carboxylic acids is 1. The number of hydrogen-bond donors (Lipinski definition) is 6. The predicted octanol–water partition coefficient (Wildman–Crippen LogP) is 10.9. The number of fused-ring (bicyclic) bond motifs is 1. The Bertz CT molecular complexity index is 2070. The van der Waals surface area contributed by atoms with Crippen molar-refractivity contribution in [2.75, 3.05) is 19.0 Å². The summed E-state index contributed by atoms with van der Waals surface area (Å²) in [6.07, 6.45) is 5.12. The lowest BCUT2D eigenvalue weighted by atomic mass is 9.72. The Balaban J connectivity index is 0.000000192. The minimum Gasteiger partial charge on any atom is -0.506 e. The van der Waals surface area contributed by atoms with Gasteiger partial charge in [0.2, 0.25) is 5.95 Å². The number of phenolic OH excluding ortho intramolecular Hbond substituents is 2. The van der Waals surface area contributed by atoms with Crippen LogP contribution in [-0.2, 0) is 26.8 Å². The number of aromatic amines is 1. The second kappa shape index (κ2) is 20.1. The number of rotatable bonds is 8. The van der Waals surface area contributed by atoms with Crippen molar-refractivity contribution in [3.05, 3.63) is 102 Å². The minimum atomic E-state index is -1.27. The number of aromatic nitrogens is 2. The van der Waals surface area contributed by atoms with Crippen molar-refractivity contribution < 1.29 is 33.9 Å². The van der Waals surface area contributed by atoms with Crippen LogP contribution in [0.2, 0.25) is 30.1 Å². The number of amides is 1. The molecule has 4 aromatic carbocycles. The Morgan fingerprint density at radius 3 is 1.93 bits per heavy atom. The number of halogens is 6. The van der Waals surface area contributed by atoms with Gasteiger partial charge in [0.25, 0.3) is 0 Å². The van der Waals surface area contributed by atoms with Crippen molar-refractivity contribution in [2.45, 2.75) is 54.7 Å². The maximum atomic E-state index is 12.5. The molecular weight excluding hydrogens is 857 g/mol. The molecule has 1 unspecified atom stereocenters. The summed E-state index contributed by atoms with van der Waals surface area (Å²) in [5.41, 5.74) is 7.32. The molecule has 1 fully saturated rings. The molecule has 55 heavy (non-hydrogen) atoms. The van der Waals surface area contributed by atoms with Crippen molar-refractivity contribution in [3.8, 4) is 11.5 Å². The third-order valence-corrected chi connectivity index (χ3v) is 12.3.